The molecule has 0 spiro atoms. The molecular formula is C32H25F3N4O3. The van der Waals surface area contributed by atoms with Crippen molar-refractivity contribution in [3.8, 4) is 17.6 Å². The molecular weight excluding hydrogens is 545 g/mol. The molecule has 4 aromatic carbocycles. The van der Waals surface area contributed by atoms with E-state index in [0.717, 1.165) is 16.7 Å². The first kappa shape index (κ1) is 28.2. The van der Waals surface area contributed by atoms with E-state index < -0.39 is 34.8 Å². The summed E-state index contributed by atoms with van der Waals surface area (Å²) in [6.45, 7) is 3.10. The van der Waals surface area contributed by atoms with Crippen LogP contribution in [0.15, 0.2) is 97.1 Å². The first-order chi connectivity index (χ1) is 20.0. The Balaban J connectivity index is 1.38. The van der Waals surface area contributed by atoms with Crippen LogP contribution < -0.4 is 15.0 Å². The highest BCUT2D eigenvalue weighted by Crippen LogP contribution is 2.39. The van der Waals surface area contributed by atoms with Crippen LogP contribution >= 0.6 is 0 Å². The van der Waals surface area contributed by atoms with Crippen molar-refractivity contribution in [2.24, 2.45) is 0 Å². The van der Waals surface area contributed by atoms with Crippen LogP contribution in [0.1, 0.15) is 30.5 Å². The van der Waals surface area contributed by atoms with Crippen LogP contribution in [0.4, 0.5) is 35.0 Å². The summed E-state index contributed by atoms with van der Waals surface area (Å²) in [6, 6.07) is 27.5. The number of imide groups is 1. The Morgan fingerprint density at radius 2 is 1.52 bits per heavy atom. The van der Waals surface area contributed by atoms with Crippen LogP contribution in [0.2, 0.25) is 0 Å². The molecule has 0 atom stereocenters. The monoisotopic (exact) mass is 570 g/mol. The number of hydrogen-bond donors (Lipinski definition) is 1. The van der Waals surface area contributed by atoms with Gasteiger partial charge in [-0.3, -0.25) is 4.79 Å². The Labute approximate surface area is 240 Å². The van der Waals surface area contributed by atoms with Crippen molar-refractivity contribution in [3.05, 3.63) is 114 Å². The van der Waals surface area contributed by atoms with Crippen molar-refractivity contribution in [1.82, 2.24) is 4.90 Å². The van der Waals surface area contributed by atoms with Gasteiger partial charge in [0.2, 0.25) is 0 Å². The van der Waals surface area contributed by atoms with Gasteiger partial charge in [-0.25, -0.2) is 9.69 Å². The van der Waals surface area contributed by atoms with Crippen molar-refractivity contribution >= 4 is 29.0 Å². The second-order valence-electron chi connectivity index (χ2n) is 10.1. The predicted molar refractivity (Wildman–Crippen MR) is 151 cm³/mol. The lowest BCUT2D eigenvalue weighted by Crippen LogP contribution is -2.43. The van der Waals surface area contributed by atoms with E-state index in [1.165, 1.54) is 17.0 Å². The zero-order valence-corrected chi connectivity index (χ0v) is 22.6. The maximum atomic E-state index is 13.6. The van der Waals surface area contributed by atoms with Crippen LogP contribution in [-0.4, -0.2) is 22.4 Å². The van der Waals surface area contributed by atoms with E-state index in [9.17, 15) is 22.8 Å². The number of carbonyl (C=O) groups excluding carboxylic acids is 2. The zero-order valence-electron chi connectivity index (χ0n) is 22.6. The third kappa shape index (κ3) is 5.49. The topological polar surface area (TPSA) is 85.7 Å². The number of ether oxygens (including phenoxy) is 1. The number of benzene rings is 4. The summed E-state index contributed by atoms with van der Waals surface area (Å²) in [4.78, 5) is 29.0. The molecule has 5 rings (SSSR count). The third-order valence-corrected chi connectivity index (χ3v) is 6.97. The highest BCUT2D eigenvalue weighted by molar-refractivity contribution is 6.23. The Bertz CT molecular complexity index is 1680. The molecule has 10 heteroatoms. The number of halogens is 3. The summed E-state index contributed by atoms with van der Waals surface area (Å²) in [5.41, 5.74) is -1.29. The number of carbonyl (C=O) groups is 2. The Kier molecular flexibility index (Phi) is 7.35. The van der Waals surface area contributed by atoms with Gasteiger partial charge in [-0.05, 0) is 80.1 Å². The molecule has 1 aliphatic rings. The first-order valence-corrected chi connectivity index (χ1v) is 12.9. The number of rotatable bonds is 7. The summed E-state index contributed by atoms with van der Waals surface area (Å²) >= 11 is 0. The minimum atomic E-state index is -4.83. The second-order valence-corrected chi connectivity index (χ2v) is 10.1. The van der Waals surface area contributed by atoms with Gasteiger partial charge in [0.05, 0.1) is 29.4 Å². The fourth-order valence-electron chi connectivity index (χ4n) is 4.67. The number of alkyl halides is 3. The molecule has 0 aliphatic carbocycles. The number of nitrogens with zero attached hydrogens (tertiary/aromatic N) is 3. The van der Waals surface area contributed by atoms with Crippen LogP contribution in [0.25, 0.3) is 0 Å². The summed E-state index contributed by atoms with van der Waals surface area (Å²) < 4.78 is 46.6. The number of amides is 3. The minimum Gasteiger partial charge on any atom is -0.457 e. The third-order valence-electron chi connectivity index (χ3n) is 6.97. The average molecular weight is 571 g/mol. The molecule has 1 saturated heterocycles. The Hall–Kier alpha value is -5.30. The molecule has 0 unspecified atom stereocenters. The lowest BCUT2D eigenvalue weighted by molar-refractivity contribution is -0.137. The van der Waals surface area contributed by atoms with Crippen molar-refractivity contribution in [2.45, 2.75) is 32.1 Å². The van der Waals surface area contributed by atoms with Crippen LogP contribution in [0.5, 0.6) is 11.5 Å². The lowest BCUT2D eigenvalue weighted by atomic mass is 10.0. The van der Waals surface area contributed by atoms with Gasteiger partial charge in [-0.1, -0.05) is 36.4 Å². The highest BCUT2D eigenvalue weighted by Gasteiger charge is 2.52. The smallest absolute Gasteiger partial charge is 0.417 e. The summed E-state index contributed by atoms with van der Waals surface area (Å²) in [5.74, 6) is 0.685. The maximum absolute atomic E-state index is 13.6. The molecule has 0 bridgehead atoms. The van der Waals surface area contributed by atoms with Gasteiger partial charge in [0, 0.05) is 11.4 Å². The minimum absolute atomic E-state index is 0.00879. The van der Waals surface area contributed by atoms with Crippen LogP contribution in [0.3, 0.4) is 0 Å². The average Bonchev–Trinajstić information content (AvgIpc) is 3.13. The van der Waals surface area contributed by atoms with Crippen molar-refractivity contribution in [1.29, 1.82) is 5.26 Å². The molecule has 212 valence electrons. The number of nitrogens with one attached hydrogen (secondary N) is 1. The van der Waals surface area contributed by atoms with Crippen LogP contribution in [0, 0.1) is 11.3 Å². The standard InChI is InChI=1S/C32H25F3N4O3/c1-31(2)29(40)39(24-15-12-21(19-36)27(18-24)32(33,34)35)30(41)38(31)20-22-8-6-7-11-28(22)37-23-13-16-26(17-14-23)42-25-9-4-3-5-10-25/h3-18,37H,20H2,1-2H3. The fourth-order valence-corrected chi connectivity index (χ4v) is 4.67. The Morgan fingerprint density at radius 1 is 0.881 bits per heavy atom. The SMILES string of the molecule is CC1(C)C(=O)N(c2ccc(C#N)c(C(F)(F)F)c2)C(=O)N1Cc1ccccc1Nc1ccc(Oc2ccccc2)cc1. The number of anilines is 3. The van der Waals surface area contributed by atoms with Gasteiger partial charge in [-0.15, -0.1) is 0 Å². The van der Waals surface area contributed by atoms with E-state index >= 15 is 0 Å². The van der Waals surface area contributed by atoms with Gasteiger partial charge in [0.15, 0.2) is 0 Å². The van der Waals surface area contributed by atoms with E-state index in [-0.39, 0.29) is 12.2 Å². The van der Waals surface area contributed by atoms with E-state index in [1.54, 1.807) is 26.0 Å². The molecule has 3 amide bonds. The summed E-state index contributed by atoms with van der Waals surface area (Å²) in [6.07, 6.45) is -4.83. The zero-order chi connectivity index (χ0) is 30.1. The molecule has 4 aromatic rings. The number of hydrogen-bond acceptors (Lipinski definition) is 5. The highest BCUT2D eigenvalue weighted by atomic mass is 19.4. The molecule has 0 saturated carbocycles. The van der Waals surface area contributed by atoms with E-state index in [1.807, 2.05) is 66.7 Å². The van der Waals surface area contributed by atoms with E-state index in [4.69, 9.17) is 10.00 Å². The number of para-hydroxylation sites is 2. The van der Waals surface area contributed by atoms with Crippen molar-refractivity contribution in [3.63, 3.8) is 0 Å². The van der Waals surface area contributed by atoms with Gasteiger partial charge >= 0.3 is 12.2 Å². The molecule has 1 fully saturated rings. The Morgan fingerprint density at radius 3 is 2.19 bits per heavy atom. The quantitative estimate of drug-likeness (QED) is 0.229. The number of urea groups is 1. The predicted octanol–water partition coefficient (Wildman–Crippen LogP) is 7.86. The fraction of sp³-hybridized carbons (Fsp3) is 0.156. The summed E-state index contributed by atoms with van der Waals surface area (Å²) in [5, 5.41) is 12.4. The molecule has 1 heterocycles. The molecule has 7 nitrogen and oxygen atoms in total. The van der Waals surface area contributed by atoms with Crippen molar-refractivity contribution < 1.29 is 27.5 Å². The molecule has 42 heavy (non-hydrogen) atoms. The largest absolute Gasteiger partial charge is 0.457 e. The normalized spacial score (nSPS) is 14.6. The number of nitriles is 1. The maximum Gasteiger partial charge on any atom is 0.417 e. The summed E-state index contributed by atoms with van der Waals surface area (Å²) in [7, 11) is 0. The molecule has 1 N–H and O–H groups in total. The van der Waals surface area contributed by atoms with Crippen molar-refractivity contribution in [2.75, 3.05) is 10.2 Å². The van der Waals surface area contributed by atoms with Crippen LogP contribution in [-0.2, 0) is 17.5 Å². The van der Waals surface area contributed by atoms with Gasteiger partial charge in [-0.2, -0.15) is 18.4 Å². The van der Waals surface area contributed by atoms with Gasteiger partial charge < -0.3 is 15.0 Å². The first-order valence-electron chi connectivity index (χ1n) is 12.9. The van der Waals surface area contributed by atoms with Gasteiger partial charge in [0.25, 0.3) is 5.91 Å². The lowest BCUT2D eigenvalue weighted by Gasteiger charge is -2.28. The molecule has 0 aromatic heterocycles. The van der Waals surface area contributed by atoms with Gasteiger partial charge in [0.1, 0.15) is 17.0 Å². The molecule has 1 aliphatic heterocycles. The van der Waals surface area contributed by atoms with E-state index in [2.05, 4.69) is 5.32 Å². The second kappa shape index (κ2) is 10.9. The molecule has 0 radical (unpaired) electrons. The van der Waals surface area contributed by atoms with E-state index in [0.29, 0.717) is 28.8 Å².